The van der Waals surface area contributed by atoms with Crippen molar-refractivity contribution >= 4 is 17.3 Å². The van der Waals surface area contributed by atoms with Gasteiger partial charge in [-0.2, -0.15) is 0 Å². The average Bonchev–Trinajstić information content (AvgIpc) is 2.40. The van der Waals surface area contributed by atoms with Crippen LogP contribution in [0.4, 0.5) is 21.7 Å². The van der Waals surface area contributed by atoms with E-state index in [9.17, 15) is 4.39 Å². The first-order valence-corrected chi connectivity index (χ1v) is 6.64. The number of benzene rings is 1. The Balaban J connectivity index is 2.40. The second kappa shape index (κ2) is 5.86. The molecular formula is C15H19FN4. The second-order valence-electron chi connectivity index (χ2n) is 4.66. The number of halogens is 1. The molecule has 0 atom stereocenters. The fourth-order valence-electron chi connectivity index (χ4n) is 1.96. The number of anilines is 3. The minimum atomic E-state index is -0.231. The summed E-state index contributed by atoms with van der Waals surface area (Å²) in [6.45, 7) is 8.32. The van der Waals surface area contributed by atoms with E-state index in [1.54, 1.807) is 13.0 Å². The molecule has 1 aromatic heterocycles. The molecule has 0 aliphatic heterocycles. The number of nitrogens with one attached hydrogen (secondary N) is 2. The lowest BCUT2D eigenvalue weighted by Gasteiger charge is -2.15. The van der Waals surface area contributed by atoms with Crippen LogP contribution in [-0.4, -0.2) is 16.5 Å². The van der Waals surface area contributed by atoms with Gasteiger partial charge in [-0.3, -0.25) is 0 Å². The summed E-state index contributed by atoms with van der Waals surface area (Å²) >= 11 is 0. The Labute approximate surface area is 118 Å². The topological polar surface area (TPSA) is 49.8 Å². The maximum atomic E-state index is 13.6. The highest BCUT2D eigenvalue weighted by Gasteiger charge is 2.11. The molecule has 0 radical (unpaired) electrons. The first-order valence-electron chi connectivity index (χ1n) is 6.64. The maximum Gasteiger partial charge on any atom is 0.139 e. The number of rotatable bonds is 4. The maximum absolute atomic E-state index is 13.6. The molecular weight excluding hydrogens is 255 g/mol. The molecule has 0 saturated heterocycles. The van der Waals surface area contributed by atoms with Gasteiger partial charge in [-0.1, -0.05) is 6.07 Å². The average molecular weight is 274 g/mol. The van der Waals surface area contributed by atoms with E-state index in [2.05, 4.69) is 20.6 Å². The van der Waals surface area contributed by atoms with Gasteiger partial charge in [-0.15, -0.1) is 0 Å². The molecule has 0 saturated carbocycles. The molecule has 106 valence electrons. The van der Waals surface area contributed by atoms with E-state index < -0.39 is 0 Å². The first kappa shape index (κ1) is 14.2. The predicted octanol–water partition coefficient (Wildman–Crippen LogP) is 3.72. The van der Waals surface area contributed by atoms with Crippen molar-refractivity contribution in [3.8, 4) is 0 Å². The van der Waals surface area contributed by atoms with Crippen LogP contribution in [0.25, 0.3) is 0 Å². The van der Waals surface area contributed by atoms with Crippen LogP contribution < -0.4 is 10.6 Å². The molecule has 0 fully saturated rings. The first-order chi connectivity index (χ1) is 9.52. The summed E-state index contributed by atoms with van der Waals surface area (Å²) in [6.07, 6.45) is 0. The van der Waals surface area contributed by atoms with Crippen molar-refractivity contribution in [1.82, 2.24) is 9.97 Å². The summed E-state index contributed by atoms with van der Waals surface area (Å²) in [5, 5.41) is 6.39. The monoisotopic (exact) mass is 274 g/mol. The summed E-state index contributed by atoms with van der Waals surface area (Å²) in [4.78, 5) is 8.77. The molecule has 2 aromatic rings. The molecule has 4 nitrogen and oxygen atoms in total. The summed E-state index contributed by atoms with van der Waals surface area (Å²) < 4.78 is 13.6. The van der Waals surface area contributed by atoms with Crippen LogP contribution in [0.2, 0.25) is 0 Å². The molecule has 0 aliphatic carbocycles. The van der Waals surface area contributed by atoms with Crippen LogP contribution in [0.5, 0.6) is 0 Å². The zero-order valence-corrected chi connectivity index (χ0v) is 12.2. The van der Waals surface area contributed by atoms with Gasteiger partial charge in [0.2, 0.25) is 0 Å². The van der Waals surface area contributed by atoms with Crippen molar-refractivity contribution in [2.75, 3.05) is 17.2 Å². The fourth-order valence-corrected chi connectivity index (χ4v) is 1.96. The lowest BCUT2D eigenvalue weighted by Crippen LogP contribution is -2.08. The number of aryl methyl sites for hydroxylation is 1. The molecule has 0 amide bonds. The van der Waals surface area contributed by atoms with Crippen LogP contribution in [0.1, 0.15) is 23.9 Å². The normalized spacial score (nSPS) is 10.4. The Morgan fingerprint density at radius 3 is 2.45 bits per heavy atom. The smallest absolute Gasteiger partial charge is 0.139 e. The zero-order chi connectivity index (χ0) is 14.7. The van der Waals surface area contributed by atoms with Crippen LogP contribution >= 0.6 is 0 Å². The minimum Gasteiger partial charge on any atom is -0.370 e. The van der Waals surface area contributed by atoms with E-state index in [-0.39, 0.29) is 5.82 Å². The van der Waals surface area contributed by atoms with Gasteiger partial charge >= 0.3 is 0 Å². The summed E-state index contributed by atoms with van der Waals surface area (Å²) in [6, 6.07) is 4.96. The van der Waals surface area contributed by atoms with E-state index in [1.165, 1.54) is 6.07 Å². The van der Waals surface area contributed by atoms with Gasteiger partial charge in [0.25, 0.3) is 0 Å². The molecule has 0 unspecified atom stereocenters. The van der Waals surface area contributed by atoms with Gasteiger partial charge in [0.1, 0.15) is 23.3 Å². The highest BCUT2D eigenvalue weighted by molar-refractivity contribution is 5.66. The van der Waals surface area contributed by atoms with Crippen molar-refractivity contribution in [2.24, 2.45) is 0 Å². The third-order valence-corrected chi connectivity index (χ3v) is 3.12. The quantitative estimate of drug-likeness (QED) is 0.892. The largest absolute Gasteiger partial charge is 0.370 e. The van der Waals surface area contributed by atoms with E-state index in [0.717, 1.165) is 17.9 Å². The number of hydrogen-bond acceptors (Lipinski definition) is 4. The predicted molar refractivity (Wildman–Crippen MR) is 80.1 cm³/mol. The number of hydrogen-bond donors (Lipinski definition) is 2. The Bertz CT molecular complexity index is 626. The molecule has 5 heteroatoms. The summed E-state index contributed by atoms with van der Waals surface area (Å²) in [7, 11) is 0. The van der Waals surface area contributed by atoms with Gasteiger partial charge < -0.3 is 10.6 Å². The van der Waals surface area contributed by atoms with E-state index >= 15 is 0 Å². The lowest BCUT2D eigenvalue weighted by molar-refractivity contribution is 0.619. The SMILES string of the molecule is CCNc1nc(C)nc(Nc2cccc(F)c2C)c1C. The summed E-state index contributed by atoms with van der Waals surface area (Å²) in [5.41, 5.74) is 2.21. The zero-order valence-electron chi connectivity index (χ0n) is 12.2. The highest BCUT2D eigenvalue weighted by atomic mass is 19.1. The Kier molecular flexibility index (Phi) is 4.17. The lowest BCUT2D eigenvalue weighted by atomic mass is 10.2. The van der Waals surface area contributed by atoms with Crippen molar-refractivity contribution in [3.05, 3.63) is 41.0 Å². The minimum absolute atomic E-state index is 0.231. The number of nitrogens with zero attached hydrogens (tertiary/aromatic N) is 2. The third-order valence-electron chi connectivity index (χ3n) is 3.12. The molecule has 0 bridgehead atoms. The molecule has 0 spiro atoms. The summed E-state index contributed by atoms with van der Waals surface area (Å²) in [5.74, 6) is 1.94. The number of aromatic nitrogens is 2. The molecule has 1 heterocycles. The van der Waals surface area contributed by atoms with Gasteiger partial charge in [0.05, 0.1) is 0 Å². The third kappa shape index (κ3) is 2.87. The second-order valence-corrected chi connectivity index (χ2v) is 4.66. The van der Waals surface area contributed by atoms with Crippen LogP contribution in [0, 0.1) is 26.6 Å². The van der Waals surface area contributed by atoms with Crippen molar-refractivity contribution in [2.45, 2.75) is 27.7 Å². The molecule has 1 aromatic carbocycles. The van der Waals surface area contributed by atoms with Crippen molar-refractivity contribution in [3.63, 3.8) is 0 Å². The van der Waals surface area contributed by atoms with Gasteiger partial charge in [-0.05, 0) is 39.8 Å². The Hall–Kier alpha value is -2.17. The standard InChI is InChI=1S/C15H19FN4/c1-5-17-14-10(3)15(19-11(4)18-14)20-13-8-6-7-12(16)9(13)2/h6-8H,5H2,1-4H3,(H2,17,18,19,20). The van der Waals surface area contributed by atoms with Gasteiger partial charge in [0.15, 0.2) is 0 Å². The van der Waals surface area contributed by atoms with E-state index in [0.29, 0.717) is 22.9 Å². The fraction of sp³-hybridized carbons (Fsp3) is 0.333. The van der Waals surface area contributed by atoms with Crippen LogP contribution in [0.15, 0.2) is 18.2 Å². The van der Waals surface area contributed by atoms with E-state index in [4.69, 9.17) is 0 Å². The van der Waals surface area contributed by atoms with Crippen molar-refractivity contribution < 1.29 is 4.39 Å². The molecule has 0 aliphatic rings. The Morgan fingerprint density at radius 2 is 1.75 bits per heavy atom. The van der Waals surface area contributed by atoms with Crippen LogP contribution in [-0.2, 0) is 0 Å². The molecule has 2 N–H and O–H groups in total. The molecule has 2 rings (SSSR count). The van der Waals surface area contributed by atoms with Gasteiger partial charge in [0, 0.05) is 23.4 Å². The Morgan fingerprint density at radius 1 is 1.05 bits per heavy atom. The molecule has 20 heavy (non-hydrogen) atoms. The van der Waals surface area contributed by atoms with Crippen molar-refractivity contribution in [1.29, 1.82) is 0 Å². The van der Waals surface area contributed by atoms with Gasteiger partial charge in [-0.25, -0.2) is 14.4 Å². The van der Waals surface area contributed by atoms with E-state index in [1.807, 2.05) is 26.8 Å². The highest BCUT2D eigenvalue weighted by Crippen LogP contribution is 2.26. The van der Waals surface area contributed by atoms with Crippen LogP contribution in [0.3, 0.4) is 0 Å².